The number of furan rings is 1. The van der Waals surface area contributed by atoms with Crippen molar-refractivity contribution in [2.75, 3.05) is 0 Å². The molecule has 0 aliphatic rings. The lowest BCUT2D eigenvalue weighted by atomic mass is 9.93. The summed E-state index contributed by atoms with van der Waals surface area (Å²) in [5.41, 5.74) is 11.4. The number of fused-ring (bicyclic) bond motifs is 7. The number of benzene rings is 10. The average Bonchev–Trinajstić information content (AvgIpc) is 3.72. The van der Waals surface area contributed by atoms with Gasteiger partial charge in [0.2, 0.25) is 0 Å². The SMILES string of the molecule is c1ccc(-c2cccc(-c3cc(-c4nc(-c5ccc6cc(-c7ccccc7)ccc6c5)nc(-c5cc6c7ccccc7oc6c6ccccc56)n4)cc4ccccc34)c2)cc1. The summed E-state index contributed by atoms with van der Waals surface area (Å²) in [6.45, 7) is 0. The fourth-order valence-electron chi connectivity index (χ4n) is 8.86. The highest BCUT2D eigenvalue weighted by atomic mass is 16.3. The van der Waals surface area contributed by atoms with Gasteiger partial charge in [-0.1, -0.05) is 170 Å². The molecule has 4 heteroatoms. The Labute approximate surface area is 352 Å². The summed E-state index contributed by atoms with van der Waals surface area (Å²) in [6, 6.07) is 74.8. The summed E-state index contributed by atoms with van der Waals surface area (Å²) in [7, 11) is 0. The molecule has 61 heavy (non-hydrogen) atoms. The van der Waals surface area contributed by atoms with E-state index >= 15 is 0 Å². The van der Waals surface area contributed by atoms with Crippen LogP contribution in [0.25, 0.3) is 122 Å². The summed E-state index contributed by atoms with van der Waals surface area (Å²) in [5.74, 6) is 1.81. The summed E-state index contributed by atoms with van der Waals surface area (Å²) < 4.78 is 6.50. The van der Waals surface area contributed by atoms with E-state index in [1.54, 1.807) is 0 Å². The topological polar surface area (TPSA) is 51.8 Å². The van der Waals surface area contributed by atoms with Crippen LogP contribution in [0.1, 0.15) is 0 Å². The predicted octanol–water partition coefficient (Wildman–Crippen LogP) is 15.2. The van der Waals surface area contributed by atoms with Gasteiger partial charge >= 0.3 is 0 Å². The van der Waals surface area contributed by atoms with Crippen LogP contribution in [-0.2, 0) is 0 Å². The second-order valence-corrected chi connectivity index (χ2v) is 15.6. The average molecular weight is 778 g/mol. The third-order valence-corrected chi connectivity index (χ3v) is 11.9. The molecule has 0 fully saturated rings. The van der Waals surface area contributed by atoms with Gasteiger partial charge in [-0.2, -0.15) is 0 Å². The van der Waals surface area contributed by atoms with Gasteiger partial charge in [-0.25, -0.2) is 15.0 Å². The summed E-state index contributed by atoms with van der Waals surface area (Å²) in [6.07, 6.45) is 0. The number of nitrogens with zero attached hydrogens (tertiary/aromatic N) is 3. The Bertz CT molecular complexity index is 3650. The second-order valence-electron chi connectivity index (χ2n) is 15.6. The van der Waals surface area contributed by atoms with E-state index in [0.29, 0.717) is 17.5 Å². The van der Waals surface area contributed by atoms with Gasteiger partial charge in [-0.3, -0.25) is 0 Å². The second kappa shape index (κ2) is 14.3. The molecule has 0 N–H and O–H groups in total. The lowest BCUT2D eigenvalue weighted by Crippen LogP contribution is -2.01. The van der Waals surface area contributed by atoms with Crippen molar-refractivity contribution in [3.05, 3.63) is 212 Å². The van der Waals surface area contributed by atoms with Gasteiger partial charge in [0, 0.05) is 32.8 Å². The molecule has 2 heterocycles. The van der Waals surface area contributed by atoms with E-state index in [2.05, 4.69) is 200 Å². The van der Waals surface area contributed by atoms with E-state index < -0.39 is 0 Å². The Morgan fingerprint density at radius 1 is 0.262 bits per heavy atom. The van der Waals surface area contributed by atoms with Crippen molar-refractivity contribution in [1.29, 1.82) is 0 Å². The zero-order chi connectivity index (χ0) is 40.3. The minimum Gasteiger partial charge on any atom is -0.455 e. The molecule has 4 nitrogen and oxygen atoms in total. The quantitative estimate of drug-likeness (QED) is 0.169. The first-order valence-electron chi connectivity index (χ1n) is 20.6. The molecule has 2 aromatic heterocycles. The van der Waals surface area contributed by atoms with Crippen LogP contribution in [0.3, 0.4) is 0 Å². The molecule has 12 aromatic rings. The molecule has 284 valence electrons. The van der Waals surface area contributed by atoms with Crippen LogP contribution in [0, 0.1) is 0 Å². The molecule has 10 aromatic carbocycles. The molecular weight excluding hydrogens is 743 g/mol. The maximum Gasteiger partial charge on any atom is 0.164 e. The third kappa shape index (κ3) is 6.12. The Morgan fingerprint density at radius 2 is 0.803 bits per heavy atom. The van der Waals surface area contributed by atoms with E-state index in [0.717, 1.165) is 76.7 Å². The molecule has 0 aliphatic heterocycles. The van der Waals surface area contributed by atoms with Crippen LogP contribution in [-0.4, -0.2) is 15.0 Å². The Hall–Kier alpha value is -8.21. The number of hydrogen-bond acceptors (Lipinski definition) is 4. The molecule has 0 atom stereocenters. The smallest absolute Gasteiger partial charge is 0.164 e. The van der Waals surface area contributed by atoms with E-state index in [1.807, 2.05) is 12.1 Å². The zero-order valence-electron chi connectivity index (χ0n) is 33.0. The van der Waals surface area contributed by atoms with Gasteiger partial charge in [-0.05, 0) is 103 Å². The van der Waals surface area contributed by atoms with Gasteiger partial charge in [0.1, 0.15) is 11.2 Å². The van der Waals surface area contributed by atoms with Crippen LogP contribution in [0.4, 0.5) is 0 Å². The highest BCUT2D eigenvalue weighted by Gasteiger charge is 2.20. The molecular formula is C57H35N3O. The molecule has 0 spiro atoms. The predicted molar refractivity (Wildman–Crippen MR) is 252 cm³/mol. The first-order chi connectivity index (χ1) is 30.2. The van der Waals surface area contributed by atoms with E-state index in [9.17, 15) is 0 Å². The lowest BCUT2D eigenvalue weighted by molar-refractivity contribution is 0.672. The van der Waals surface area contributed by atoms with Crippen molar-refractivity contribution < 1.29 is 4.42 Å². The van der Waals surface area contributed by atoms with Crippen LogP contribution in [0.2, 0.25) is 0 Å². The number of para-hydroxylation sites is 1. The molecule has 0 saturated carbocycles. The van der Waals surface area contributed by atoms with Crippen LogP contribution in [0.15, 0.2) is 217 Å². The molecule has 0 saturated heterocycles. The van der Waals surface area contributed by atoms with Crippen LogP contribution >= 0.6 is 0 Å². The van der Waals surface area contributed by atoms with Crippen molar-refractivity contribution in [1.82, 2.24) is 15.0 Å². The van der Waals surface area contributed by atoms with Gasteiger partial charge in [0.05, 0.1) is 0 Å². The van der Waals surface area contributed by atoms with Gasteiger partial charge in [0.15, 0.2) is 17.5 Å². The maximum atomic E-state index is 6.50. The minimum atomic E-state index is 0.601. The summed E-state index contributed by atoms with van der Waals surface area (Å²) in [5, 5.41) is 8.66. The fraction of sp³-hybridized carbons (Fsp3) is 0. The molecule has 0 bridgehead atoms. The first kappa shape index (κ1) is 34.8. The van der Waals surface area contributed by atoms with Gasteiger partial charge in [-0.15, -0.1) is 0 Å². The fourth-order valence-corrected chi connectivity index (χ4v) is 8.86. The van der Waals surface area contributed by atoms with E-state index in [-0.39, 0.29) is 0 Å². The highest BCUT2D eigenvalue weighted by Crippen LogP contribution is 2.41. The molecule has 12 rings (SSSR count). The van der Waals surface area contributed by atoms with Crippen molar-refractivity contribution in [2.24, 2.45) is 0 Å². The Morgan fingerprint density at radius 3 is 1.57 bits per heavy atom. The summed E-state index contributed by atoms with van der Waals surface area (Å²) in [4.78, 5) is 16.0. The maximum absolute atomic E-state index is 6.50. The van der Waals surface area contributed by atoms with Crippen molar-refractivity contribution in [2.45, 2.75) is 0 Å². The monoisotopic (exact) mass is 777 g/mol. The largest absolute Gasteiger partial charge is 0.455 e. The van der Waals surface area contributed by atoms with Crippen molar-refractivity contribution in [3.8, 4) is 67.5 Å². The number of aromatic nitrogens is 3. The molecule has 0 unspecified atom stereocenters. The standard InChI is InChI=1S/C57H35N3O/c1-3-14-36(15-4-1)38-19-13-20-43(31-38)50-34-45(33-42-18-7-8-21-46(42)50)56-58-55(44-29-28-40-30-39(26-27-41(40)32-44)37-16-5-2-6-17-37)59-57(60-56)52-35-51-48-23-11-12-25-53(48)61-54(51)49-24-10-9-22-47(49)52/h1-35H. The Kier molecular flexibility index (Phi) is 8.13. The third-order valence-electron chi connectivity index (χ3n) is 11.9. The number of hydrogen-bond donors (Lipinski definition) is 0. The molecule has 0 amide bonds. The van der Waals surface area contributed by atoms with Gasteiger partial charge in [0.25, 0.3) is 0 Å². The number of rotatable bonds is 6. The van der Waals surface area contributed by atoms with Gasteiger partial charge < -0.3 is 4.42 Å². The van der Waals surface area contributed by atoms with Crippen LogP contribution in [0.5, 0.6) is 0 Å². The highest BCUT2D eigenvalue weighted by molar-refractivity contribution is 6.18. The lowest BCUT2D eigenvalue weighted by Gasteiger charge is -2.14. The zero-order valence-corrected chi connectivity index (χ0v) is 33.0. The normalized spacial score (nSPS) is 11.6. The van der Waals surface area contributed by atoms with Crippen LogP contribution < -0.4 is 0 Å². The molecule has 0 aliphatic carbocycles. The van der Waals surface area contributed by atoms with Crippen molar-refractivity contribution >= 4 is 54.3 Å². The minimum absolute atomic E-state index is 0.601. The molecule has 0 radical (unpaired) electrons. The van der Waals surface area contributed by atoms with E-state index in [1.165, 1.54) is 27.6 Å². The Balaban J connectivity index is 1.09. The van der Waals surface area contributed by atoms with Crippen molar-refractivity contribution in [3.63, 3.8) is 0 Å². The van der Waals surface area contributed by atoms with E-state index in [4.69, 9.17) is 19.4 Å². The first-order valence-corrected chi connectivity index (χ1v) is 20.6. The summed E-state index contributed by atoms with van der Waals surface area (Å²) >= 11 is 0.